The summed E-state index contributed by atoms with van der Waals surface area (Å²) in [5, 5.41) is 6.56. The van der Waals surface area contributed by atoms with Crippen LogP contribution in [0.3, 0.4) is 0 Å². The van der Waals surface area contributed by atoms with Crippen LogP contribution in [0.25, 0.3) is 0 Å². The van der Waals surface area contributed by atoms with Gasteiger partial charge in [-0.2, -0.15) is 5.01 Å². The Bertz CT molecular complexity index is 733. The summed E-state index contributed by atoms with van der Waals surface area (Å²) in [6.07, 6.45) is 0.982. The molecule has 2 heterocycles. The maximum atomic E-state index is 6.50. The van der Waals surface area contributed by atoms with Gasteiger partial charge in [0.15, 0.2) is 5.11 Å². The van der Waals surface area contributed by atoms with E-state index in [0.717, 1.165) is 35.9 Å². The van der Waals surface area contributed by atoms with E-state index in [9.17, 15) is 0 Å². The minimum Gasteiger partial charge on any atom is -0.296 e. The molecule has 0 radical (unpaired) electrons. The molecule has 6 heteroatoms. The smallest absolute Gasteiger partial charge is 0.192 e. The van der Waals surface area contributed by atoms with Gasteiger partial charge in [0, 0.05) is 34.4 Å². The van der Waals surface area contributed by atoms with Crippen molar-refractivity contribution in [2.75, 3.05) is 18.0 Å². The highest BCUT2D eigenvalue weighted by Crippen LogP contribution is 2.44. The number of hydrazine groups is 1. The molecular formula is C17H15Cl2N3S. The van der Waals surface area contributed by atoms with E-state index in [1.807, 2.05) is 36.4 Å². The normalized spacial score (nSPS) is 21.1. The van der Waals surface area contributed by atoms with Crippen LogP contribution in [0.15, 0.2) is 48.5 Å². The highest BCUT2D eigenvalue weighted by atomic mass is 35.5. The molecule has 0 aromatic heterocycles. The zero-order chi connectivity index (χ0) is 16.0. The molecule has 2 aliphatic rings. The number of thiocarbonyl (C=S) groups is 1. The molecule has 0 bridgehead atoms. The van der Waals surface area contributed by atoms with Gasteiger partial charge in [0.1, 0.15) is 6.17 Å². The molecule has 2 fully saturated rings. The molecule has 2 aliphatic heterocycles. The third-order valence-corrected chi connectivity index (χ3v) is 5.38. The van der Waals surface area contributed by atoms with E-state index in [2.05, 4.69) is 27.1 Å². The zero-order valence-electron chi connectivity index (χ0n) is 12.3. The average Bonchev–Trinajstić information content (AvgIpc) is 3.12. The van der Waals surface area contributed by atoms with Gasteiger partial charge < -0.3 is 0 Å². The van der Waals surface area contributed by atoms with Crippen molar-refractivity contribution < 1.29 is 0 Å². The summed E-state index contributed by atoms with van der Waals surface area (Å²) < 4.78 is 0. The van der Waals surface area contributed by atoms with Crippen molar-refractivity contribution in [3.05, 3.63) is 64.1 Å². The van der Waals surface area contributed by atoms with Crippen LogP contribution in [0.5, 0.6) is 0 Å². The van der Waals surface area contributed by atoms with Gasteiger partial charge in [0.2, 0.25) is 0 Å². The fraction of sp³-hybridized carbons (Fsp3) is 0.235. The van der Waals surface area contributed by atoms with E-state index < -0.39 is 0 Å². The molecule has 2 aromatic carbocycles. The van der Waals surface area contributed by atoms with Crippen LogP contribution in [-0.4, -0.2) is 28.2 Å². The Morgan fingerprint density at radius 1 is 0.913 bits per heavy atom. The van der Waals surface area contributed by atoms with E-state index in [4.69, 9.17) is 35.4 Å². The summed E-state index contributed by atoms with van der Waals surface area (Å²) in [5.41, 5.74) is 1.96. The molecule has 0 aliphatic carbocycles. The first-order chi connectivity index (χ1) is 11.2. The van der Waals surface area contributed by atoms with Crippen LogP contribution >= 0.6 is 35.4 Å². The van der Waals surface area contributed by atoms with Crippen molar-refractivity contribution in [2.45, 2.75) is 12.6 Å². The summed E-state index contributed by atoms with van der Waals surface area (Å²) in [5.74, 6) is 0. The number of hydrogen-bond donors (Lipinski definition) is 0. The quantitative estimate of drug-likeness (QED) is 0.713. The largest absolute Gasteiger partial charge is 0.296 e. The Labute approximate surface area is 151 Å². The van der Waals surface area contributed by atoms with Gasteiger partial charge in [-0.1, -0.05) is 47.5 Å². The Balaban J connectivity index is 1.88. The zero-order valence-corrected chi connectivity index (χ0v) is 14.7. The summed E-state index contributed by atoms with van der Waals surface area (Å²) in [6.45, 7) is 1.87. The molecule has 0 spiro atoms. The number of halogens is 2. The molecular weight excluding hydrogens is 349 g/mol. The van der Waals surface area contributed by atoms with E-state index in [0.29, 0.717) is 10.0 Å². The Morgan fingerprint density at radius 3 is 2.30 bits per heavy atom. The van der Waals surface area contributed by atoms with Gasteiger partial charge >= 0.3 is 0 Å². The molecule has 2 saturated heterocycles. The number of anilines is 1. The lowest BCUT2D eigenvalue weighted by Gasteiger charge is -2.30. The van der Waals surface area contributed by atoms with Crippen molar-refractivity contribution in [1.82, 2.24) is 10.0 Å². The van der Waals surface area contributed by atoms with Crippen LogP contribution < -0.4 is 4.90 Å². The van der Waals surface area contributed by atoms with Gasteiger partial charge in [0.05, 0.1) is 0 Å². The number of nitrogens with zero attached hydrogens (tertiary/aromatic N) is 3. The molecule has 2 aromatic rings. The summed E-state index contributed by atoms with van der Waals surface area (Å²) in [4.78, 5) is 2.14. The molecule has 3 nitrogen and oxygen atoms in total. The third-order valence-electron chi connectivity index (χ3n) is 4.31. The van der Waals surface area contributed by atoms with Crippen molar-refractivity contribution in [2.24, 2.45) is 0 Å². The number of para-hydroxylation sites is 1. The van der Waals surface area contributed by atoms with E-state index in [1.54, 1.807) is 0 Å². The average molecular weight is 364 g/mol. The van der Waals surface area contributed by atoms with Gasteiger partial charge in [-0.05, 0) is 42.9 Å². The third kappa shape index (κ3) is 2.41. The molecule has 0 saturated carbocycles. The second-order valence-corrected chi connectivity index (χ2v) is 6.82. The predicted molar refractivity (Wildman–Crippen MR) is 98.8 cm³/mol. The Hall–Kier alpha value is -1.33. The monoisotopic (exact) mass is 363 g/mol. The fourth-order valence-electron chi connectivity index (χ4n) is 3.33. The first-order valence-corrected chi connectivity index (χ1v) is 8.71. The van der Waals surface area contributed by atoms with E-state index in [-0.39, 0.29) is 6.17 Å². The summed E-state index contributed by atoms with van der Waals surface area (Å²) >= 11 is 18.7. The Kier molecular flexibility index (Phi) is 3.93. The van der Waals surface area contributed by atoms with Crippen LogP contribution in [0.2, 0.25) is 10.0 Å². The lowest BCUT2D eigenvalue weighted by Crippen LogP contribution is -2.32. The van der Waals surface area contributed by atoms with Crippen molar-refractivity contribution in [1.29, 1.82) is 0 Å². The first-order valence-electron chi connectivity index (χ1n) is 7.55. The fourth-order valence-corrected chi connectivity index (χ4v) is 4.32. The molecule has 118 valence electrons. The molecule has 0 N–H and O–H groups in total. The van der Waals surface area contributed by atoms with Crippen LogP contribution in [0, 0.1) is 0 Å². The lowest BCUT2D eigenvalue weighted by molar-refractivity contribution is 0.0924. The highest BCUT2D eigenvalue weighted by molar-refractivity contribution is 7.80. The highest BCUT2D eigenvalue weighted by Gasteiger charge is 2.46. The Morgan fingerprint density at radius 2 is 1.61 bits per heavy atom. The van der Waals surface area contributed by atoms with E-state index in [1.165, 1.54) is 0 Å². The lowest BCUT2D eigenvalue weighted by atomic mass is 10.1. The first kappa shape index (κ1) is 15.2. The SMILES string of the molecule is S=C1N(c2ccccc2)[C@@H](c2c(Cl)cccc2Cl)N2CCCN12. The van der Waals surface area contributed by atoms with Gasteiger partial charge in [-0.15, -0.1) is 0 Å². The molecule has 0 amide bonds. The van der Waals surface area contributed by atoms with E-state index >= 15 is 0 Å². The second-order valence-electron chi connectivity index (χ2n) is 5.64. The maximum absolute atomic E-state index is 6.50. The molecule has 4 rings (SSSR count). The number of hydrogen-bond acceptors (Lipinski definition) is 2. The van der Waals surface area contributed by atoms with Gasteiger partial charge in [-0.3, -0.25) is 9.91 Å². The van der Waals surface area contributed by atoms with Crippen LogP contribution in [0.4, 0.5) is 5.69 Å². The maximum Gasteiger partial charge on any atom is 0.192 e. The molecule has 1 atom stereocenters. The van der Waals surface area contributed by atoms with Crippen LogP contribution in [0.1, 0.15) is 18.2 Å². The van der Waals surface area contributed by atoms with Gasteiger partial charge in [-0.25, -0.2) is 0 Å². The topological polar surface area (TPSA) is 9.72 Å². The van der Waals surface area contributed by atoms with Gasteiger partial charge in [0.25, 0.3) is 0 Å². The van der Waals surface area contributed by atoms with Crippen molar-refractivity contribution in [3.63, 3.8) is 0 Å². The number of fused-ring (bicyclic) bond motifs is 1. The number of benzene rings is 2. The summed E-state index contributed by atoms with van der Waals surface area (Å²) in [6, 6.07) is 15.8. The second kappa shape index (κ2) is 5.95. The minimum atomic E-state index is -0.103. The standard InChI is InChI=1S/C17H15Cl2N3S/c18-13-8-4-9-14(19)15(13)16-20-10-5-11-21(20)17(23)22(16)12-6-2-1-3-7-12/h1-4,6-9,16H,5,10-11H2/t16-/m0/s1. The molecule has 23 heavy (non-hydrogen) atoms. The van der Waals surface area contributed by atoms with Crippen molar-refractivity contribution >= 4 is 46.2 Å². The van der Waals surface area contributed by atoms with Crippen LogP contribution in [-0.2, 0) is 0 Å². The predicted octanol–water partition coefficient (Wildman–Crippen LogP) is 4.72. The van der Waals surface area contributed by atoms with Crippen molar-refractivity contribution in [3.8, 4) is 0 Å². The molecule has 0 unspecified atom stereocenters. The summed E-state index contributed by atoms with van der Waals surface area (Å²) in [7, 11) is 0. The minimum absolute atomic E-state index is 0.103. The number of rotatable bonds is 2.